The van der Waals surface area contributed by atoms with Gasteiger partial charge in [-0.25, -0.2) is 4.98 Å². The van der Waals surface area contributed by atoms with Crippen LogP contribution in [0.1, 0.15) is 30.5 Å². The Bertz CT molecular complexity index is 402. The van der Waals surface area contributed by atoms with E-state index < -0.39 is 0 Å². The molecule has 1 fully saturated rings. The maximum atomic E-state index is 5.55. The van der Waals surface area contributed by atoms with Gasteiger partial charge in [-0.2, -0.15) is 0 Å². The molecule has 0 unspecified atom stereocenters. The Morgan fingerprint density at radius 2 is 2.20 bits per heavy atom. The molecule has 1 saturated heterocycles. The summed E-state index contributed by atoms with van der Waals surface area (Å²) < 4.78 is 5.55. The van der Waals surface area contributed by atoms with Crippen LogP contribution in [0.4, 0.5) is 0 Å². The lowest BCUT2D eigenvalue weighted by Gasteiger charge is -2.40. The Hall–Kier alpha value is -0.490. The summed E-state index contributed by atoms with van der Waals surface area (Å²) in [5, 5.41) is 6.86. The monoisotopic (exact) mass is 297 g/mol. The van der Waals surface area contributed by atoms with Crippen molar-refractivity contribution < 1.29 is 4.74 Å². The summed E-state index contributed by atoms with van der Waals surface area (Å²) in [6.07, 6.45) is 2.31. The molecule has 2 heterocycles. The number of aryl methyl sites for hydroxylation is 1. The standard InChI is InChI=1S/C15H27N3OS/c1-4-16-11-15(5-7-19-8-6-15)12-18(3)9-14-10-20-13(2)17-14/h10,16H,4-9,11-12H2,1-3H3. The van der Waals surface area contributed by atoms with Gasteiger partial charge in [-0.1, -0.05) is 6.92 Å². The first-order valence-corrected chi connectivity index (χ1v) is 8.39. The van der Waals surface area contributed by atoms with Crippen molar-refractivity contribution in [3.63, 3.8) is 0 Å². The van der Waals surface area contributed by atoms with Gasteiger partial charge in [0.05, 0.1) is 10.7 Å². The highest BCUT2D eigenvalue weighted by molar-refractivity contribution is 7.09. The zero-order valence-corrected chi connectivity index (χ0v) is 13.8. The van der Waals surface area contributed by atoms with Crippen molar-refractivity contribution in [3.8, 4) is 0 Å². The third kappa shape index (κ3) is 4.52. The average Bonchev–Trinajstić information content (AvgIpc) is 2.82. The van der Waals surface area contributed by atoms with Gasteiger partial charge in [-0.05, 0) is 38.8 Å². The SMILES string of the molecule is CCNCC1(CN(C)Cc2csc(C)n2)CCOCC1. The summed E-state index contributed by atoms with van der Waals surface area (Å²) in [6.45, 7) is 10.2. The van der Waals surface area contributed by atoms with Crippen molar-refractivity contribution in [2.24, 2.45) is 5.41 Å². The van der Waals surface area contributed by atoms with Crippen molar-refractivity contribution in [2.75, 3.05) is 39.9 Å². The van der Waals surface area contributed by atoms with Gasteiger partial charge in [0.1, 0.15) is 0 Å². The average molecular weight is 297 g/mol. The molecular formula is C15H27N3OS. The first-order valence-electron chi connectivity index (χ1n) is 7.51. The van der Waals surface area contributed by atoms with Crippen LogP contribution in [0.25, 0.3) is 0 Å². The molecule has 2 rings (SSSR count). The number of thiazole rings is 1. The third-order valence-electron chi connectivity index (χ3n) is 4.01. The summed E-state index contributed by atoms with van der Waals surface area (Å²) in [6, 6.07) is 0. The number of nitrogens with one attached hydrogen (secondary N) is 1. The minimum absolute atomic E-state index is 0.355. The van der Waals surface area contributed by atoms with Crippen LogP contribution in [-0.2, 0) is 11.3 Å². The van der Waals surface area contributed by atoms with Gasteiger partial charge in [0.25, 0.3) is 0 Å². The molecule has 0 spiro atoms. The number of hydrogen-bond acceptors (Lipinski definition) is 5. The van der Waals surface area contributed by atoms with Crippen LogP contribution >= 0.6 is 11.3 Å². The molecule has 0 amide bonds. The van der Waals surface area contributed by atoms with E-state index in [1.54, 1.807) is 11.3 Å². The molecule has 1 aliphatic rings. The summed E-state index contributed by atoms with van der Waals surface area (Å²) in [4.78, 5) is 6.98. The molecule has 0 saturated carbocycles. The lowest BCUT2D eigenvalue weighted by Crippen LogP contribution is -2.46. The highest BCUT2D eigenvalue weighted by atomic mass is 32.1. The first kappa shape index (κ1) is 15.9. The molecule has 0 bridgehead atoms. The van der Waals surface area contributed by atoms with E-state index in [0.29, 0.717) is 5.41 Å². The number of aromatic nitrogens is 1. The lowest BCUT2D eigenvalue weighted by atomic mass is 9.79. The minimum atomic E-state index is 0.355. The Kier molecular flexibility index (Phi) is 5.96. The van der Waals surface area contributed by atoms with E-state index in [1.165, 1.54) is 5.69 Å². The fourth-order valence-corrected chi connectivity index (χ4v) is 3.58. The Morgan fingerprint density at radius 3 is 2.80 bits per heavy atom. The fourth-order valence-electron chi connectivity index (χ4n) is 2.97. The summed E-state index contributed by atoms with van der Waals surface area (Å²) in [5.74, 6) is 0. The second-order valence-corrected chi connectivity index (χ2v) is 6.99. The van der Waals surface area contributed by atoms with Crippen LogP contribution < -0.4 is 5.32 Å². The molecule has 5 heteroatoms. The van der Waals surface area contributed by atoms with E-state index in [9.17, 15) is 0 Å². The predicted octanol–water partition coefficient (Wildman–Crippen LogP) is 2.29. The molecule has 0 aromatic carbocycles. The largest absolute Gasteiger partial charge is 0.381 e. The van der Waals surface area contributed by atoms with Crippen LogP contribution in [0, 0.1) is 12.3 Å². The number of rotatable bonds is 7. The van der Waals surface area contributed by atoms with Gasteiger partial charge in [0.15, 0.2) is 0 Å². The second kappa shape index (κ2) is 7.50. The molecule has 1 aromatic rings. The van der Waals surface area contributed by atoms with Gasteiger partial charge in [-0.15, -0.1) is 11.3 Å². The lowest BCUT2D eigenvalue weighted by molar-refractivity contribution is -0.00151. The Morgan fingerprint density at radius 1 is 1.45 bits per heavy atom. The van der Waals surface area contributed by atoms with Gasteiger partial charge >= 0.3 is 0 Å². The van der Waals surface area contributed by atoms with E-state index in [2.05, 4.69) is 41.5 Å². The quantitative estimate of drug-likeness (QED) is 0.838. The van der Waals surface area contributed by atoms with Gasteiger partial charge < -0.3 is 10.1 Å². The Balaban J connectivity index is 1.92. The molecule has 1 aliphatic heterocycles. The maximum Gasteiger partial charge on any atom is 0.0897 e. The predicted molar refractivity (Wildman–Crippen MR) is 84.2 cm³/mol. The van der Waals surface area contributed by atoms with Crippen LogP contribution in [0.3, 0.4) is 0 Å². The van der Waals surface area contributed by atoms with Crippen molar-refractivity contribution >= 4 is 11.3 Å². The minimum Gasteiger partial charge on any atom is -0.381 e. The molecule has 1 aromatic heterocycles. The van der Waals surface area contributed by atoms with E-state index in [0.717, 1.165) is 57.2 Å². The fraction of sp³-hybridized carbons (Fsp3) is 0.800. The first-order chi connectivity index (χ1) is 9.63. The van der Waals surface area contributed by atoms with E-state index in [-0.39, 0.29) is 0 Å². The second-order valence-electron chi connectivity index (χ2n) is 5.92. The molecule has 4 nitrogen and oxygen atoms in total. The summed E-state index contributed by atoms with van der Waals surface area (Å²) in [5.41, 5.74) is 1.55. The highest BCUT2D eigenvalue weighted by Crippen LogP contribution is 2.31. The highest BCUT2D eigenvalue weighted by Gasteiger charge is 2.33. The molecule has 0 atom stereocenters. The zero-order chi connectivity index (χ0) is 14.4. The molecular weight excluding hydrogens is 270 g/mol. The molecule has 0 radical (unpaired) electrons. The van der Waals surface area contributed by atoms with E-state index in [1.807, 2.05) is 0 Å². The Labute approximate surface area is 126 Å². The van der Waals surface area contributed by atoms with Gasteiger partial charge in [-0.3, -0.25) is 4.90 Å². The van der Waals surface area contributed by atoms with Crippen LogP contribution in [0.15, 0.2) is 5.38 Å². The van der Waals surface area contributed by atoms with Crippen LogP contribution in [-0.4, -0.2) is 49.8 Å². The topological polar surface area (TPSA) is 37.4 Å². The third-order valence-corrected chi connectivity index (χ3v) is 4.83. The zero-order valence-electron chi connectivity index (χ0n) is 12.9. The van der Waals surface area contributed by atoms with E-state index in [4.69, 9.17) is 4.74 Å². The number of nitrogens with zero attached hydrogens (tertiary/aromatic N) is 2. The van der Waals surface area contributed by atoms with Crippen molar-refractivity contribution in [2.45, 2.75) is 33.2 Å². The van der Waals surface area contributed by atoms with Crippen LogP contribution in [0.2, 0.25) is 0 Å². The molecule has 114 valence electrons. The number of hydrogen-bond donors (Lipinski definition) is 1. The number of ether oxygens (including phenoxy) is 1. The molecule has 20 heavy (non-hydrogen) atoms. The van der Waals surface area contributed by atoms with Gasteiger partial charge in [0.2, 0.25) is 0 Å². The van der Waals surface area contributed by atoms with Crippen molar-refractivity contribution in [1.29, 1.82) is 0 Å². The van der Waals surface area contributed by atoms with E-state index >= 15 is 0 Å². The molecule has 1 N–H and O–H groups in total. The summed E-state index contributed by atoms with van der Waals surface area (Å²) in [7, 11) is 2.21. The van der Waals surface area contributed by atoms with Crippen molar-refractivity contribution in [3.05, 3.63) is 16.1 Å². The van der Waals surface area contributed by atoms with Crippen LogP contribution in [0.5, 0.6) is 0 Å². The van der Waals surface area contributed by atoms with Gasteiger partial charge in [0, 0.05) is 38.2 Å². The normalized spacial score (nSPS) is 18.6. The van der Waals surface area contributed by atoms with Crippen molar-refractivity contribution in [1.82, 2.24) is 15.2 Å². The smallest absolute Gasteiger partial charge is 0.0897 e. The molecule has 0 aliphatic carbocycles. The maximum absolute atomic E-state index is 5.55. The summed E-state index contributed by atoms with van der Waals surface area (Å²) >= 11 is 1.74.